The Balaban J connectivity index is 1.81. The molecule has 7 heteroatoms. The quantitative estimate of drug-likeness (QED) is 0.628. The predicted octanol–water partition coefficient (Wildman–Crippen LogP) is 2.63. The Bertz CT molecular complexity index is 628. The van der Waals surface area contributed by atoms with Gasteiger partial charge in [0.2, 0.25) is 5.91 Å². The van der Waals surface area contributed by atoms with Crippen LogP contribution in [-0.4, -0.2) is 29.2 Å². The highest BCUT2D eigenvalue weighted by Gasteiger charge is 2.40. The molecule has 1 amide bonds. The van der Waals surface area contributed by atoms with Crippen LogP contribution in [0, 0.1) is 5.92 Å². The summed E-state index contributed by atoms with van der Waals surface area (Å²) in [5.41, 5.74) is 0.230. The van der Waals surface area contributed by atoms with Crippen LogP contribution in [0.3, 0.4) is 0 Å². The Morgan fingerprint density at radius 1 is 1.38 bits per heavy atom. The third kappa shape index (κ3) is 5.19. The van der Waals surface area contributed by atoms with E-state index in [1.54, 1.807) is 12.1 Å². The van der Waals surface area contributed by atoms with Gasteiger partial charge in [-0.05, 0) is 57.3 Å². The number of cyclic esters (lactones) is 1. The molecule has 1 heterocycles. The SMILES string of the molecule is CCOc1ccc(NC(=S)NC(=O)C[C@H]2CC(C)(C)OC2=O)cc1. The van der Waals surface area contributed by atoms with E-state index in [0.29, 0.717) is 13.0 Å². The molecule has 1 aliphatic heterocycles. The normalized spacial score (nSPS) is 18.6. The third-order valence-electron chi connectivity index (χ3n) is 3.56. The van der Waals surface area contributed by atoms with E-state index >= 15 is 0 Å². The summed E-state index contributed by atoms with van der Waals surface area (Å²) in [5.74, 6) is -0.299. The van der Waals surface area contributed by atoms with Gasteiger partial charge in [-0.25, -0.2) is 0 Å². The molecule has 1 atom stereocenters. The summed E-state index contributed by atoms with van der Waals surface area (Å²) >= 11 is 5.12. The predicted molar refractivity (Wildman–Crippen MR) is 94.9 cm³/mol. The molecule has 0 aromatic heterocycles. The Morgan fingerprint density at radius 2 is 2.04 bits per heavy atom. The molecule has 1 fully saturated rings. The zero-order valence-electron chi connectivity index (χ0n) is 14.0. The van der Waals surface area contributed by atoms with Crippen LogP contribution in [0.5, 0.6) is 5.75 Å². The first-order chi connectivity index (χ1) is 11.3. The lowest BCUT2D eigenvalue weighted by Gasteiger charge is -2.14. The molecule has 24 heavy (non-hydrogen) atoms. The molecule has 0 radical (unpaired) electrons. The second-order valence-corrected chi connectivity index (χ2v) is 6.65. The fourth-order valence-corrected chi connectivity index (χ4v) is 2.83. The molecule has 2 rings (SSSR count). The van der Waals surface area contributed by atoms with E-state index < -0.39 is 11.5 Å². The molecule has 0 bridgehead atoms. The number of nitrogens with one attached hydrogen (secondary N) is 2. The number of carbonyl (C=O) groups is 2. The Kier molecular flexibility index (Phi) is 5.77. The molecule has 130 valence electrons. The second-order valence-electron chi connectivity index (χ2n) is 6.25. The molecule has 1 aliphatic rings. The average Bonchev–Trinajstić information content (AvgIpc) is 2.73. The van der Waals surface area contributed by atoms with Crippen LogP contribution in [-0.2, 0) is 14.3 Å². The first-order valence-electron chi connectivity index (χ1n) is 7.85. The highest BCUT2D eigenvalue weighted by Crippen LogP contribution is 2.32. The first-order valence-corrected chi connectivity index (χ1v) is 8.26. The summed E-state index contributed by atoms with van der Waals surface area (Å²) in [4.78, 5) is 23.8. The number of benzene rings is 1. The van der Waals surface area contributed by atoms with E-state index in [1.165, 1.54) is 0 Å². The van der Waals surface area contributed by atoms with Crippen molar-refractivity contribution in [2.75, 3.05) is 11.9 Å². The highest BCUT2D eigenvalue weighted by molar-refractivity contribution is 7.80. The van der Waals surface area contributed by atoms with E-state index in [9.17, 15) is 9.59 Å². The van der Waals surface area contributed by atoms with E-state index in [4.69, 9.17) is 21.7 Å². The zero-order chi connectivity index (χ0) is 17.7. The van der Waals surface area contributed by atoms with Crippen molar-refractivity contribution in [3.63, 3.8) is 0 Å². The molecule has 0 spiro atoms. The lowest BCUT2D eigenvalue weighted by Crippen LogP contribution is -2.35. The minimum atomic E-state index is -0.511. The molecule has 2 N–H and O–H groups in total. The van der Waals surface area contributed by atoms with Crippen LogP contribution >= 0.6 is 12.2 Å². The number of hydrogen-bond donors (Lipinski definition) is 2. The fraction of sp³-hybridized carbons (Fsp3) is 0.471. The van der Waals surface area contributed by atoms with Gasteiger partial charge in [0.1, 0.15) is 11.4 Å². The maximum atomic E-state index is 12.0. The van der Waals surface area contributed by atoms with Gasteiger partial charge in [0.15, 0.2) is 5.11 Å². The molecule has 1 aromatic carbocycles. The van der Waals surface area contributed by atoms with Crippen molar-refractivity contribution in [2.24, 2.45) is 5.92 Å². The van der Waals surface area contributed by atoms with Gasteiger partial charge in [-0.2, -0.15) is 0 Å². The van der Waals surface area contributed by atoms with Crippen molar-refractivity contribution in [3.05, 3.63) is 24.3 Å². The van der Waals surface area contributed by atoms with Crippen molar-refractivity contribution in [1.29, 1.82) is 0 Å². The molecular weight excluding hydrogens is 328 g/mol. The van der Waals surface area contributed by atoms with Gasteiger partial charge in [-0.1, -0.05) is 0 Å². The topological polar surface area (TPSA) is 76.7 Å². The first kappa shape index (κ1) is 18.2. The second kappa shape index (κ2) is 7.61. The van der Waals surface area contributed by atoms with Gasteiger partial charge >= 0.3 is 5.97 Å². The average molecular weight is 350 g/mol. The number of rotatable bonds is 5. The van der Waals surface area contributed by atoms with Gasteiger partial charge in [-0.15, -0.1) is 0 Å². The van der Waals surface area contributed by atoms with Crippen LogP contribution in [0.4, 0.5) is 5.69 Å². The summed E-state index contributed by atoms with van der Waals surface area (Å²) in [6.07, 6.45) is 0.589. The van der Waals surface area contributed by atoms with Crippen LogP contribution in [0.25, 0.3) is 0 Å². The number of amides is 1. The maximum Gasteiger partial charge on any atom is 0.310 e. The standard InChI is InChI=1S/C17H22N2O4S/c1-4-22-13-7-5-12(6-8-13)18-16(24)19-14(20)9-11-10-17(2,3)23-15(11)21/h5-8,11H,4,9-10H2,1-3H3,(H2,18,19,20,24)/t11-/m0/s1. The Hall–Kier alpha value is -2.15. The number of hydrogen-bond acceptors (Lipinski definition) is 5. The highest BCUT2D eigenvalue weighted by atomic mass is 32.1. The third-order valence-corrected chi connectivity index (χ3v) is 3.76. The minimum absolute atomic E-state index is 0.0629. The van der Waals surface area contributed by atoms with Crippen molar-refractivity contribution in [1.82, 2.24) is 5.32 Å². The van der Waals surface area contributed by atoms with Gasteiger partial charge in [0.05, 0.1) is 12.5 Å². The van der Waals surface area contributed by atoms with Crippen LogP contribution in [0.1, 0.15) is 33.6 Å². The molecule has 0 saturated carbocycles. The lowest BCUT2D eigenvalue weighted by molar-refractivity contribution is -0.149. The van der Waals surface area contributed by atoms with E-state index in [0.717, 1.165) is 11.4 Å². The van der Waals surface area contributed by atoms with Gasteiger partial charge in [0, 0.05) is 18.5 Å². The number of anilines is 1. The Labute approximate surface area is 146 Å². The molecule has 1 aromatic rings. The molecule has 0 unspecified atom stereocenters. The van der Waals surface area contributed by atoms with Gasteiger partial charge in [-0.3, -0.25) is 9.59 Å². The van der Waals surface area contributed by atoms with Crippen molar-refractivity contribution in [3.8, 4) is 5.75 Å². The van der Waals surface area contributed by atoms with Crippen molar-refractivity contribution in [2.45, 2.75) is 39.2 Å². The fourth-order valence-electron chi connectivity index (χ4n) is 2.59. The van der Waals surface area contributed by atoms with Gasteiger partial charge in [0.25, 0.3) is 0 Å². The summed E-state index contributed by atoms with van der Waals surface area (Å²) in [6, 6.07) is 7.24. The van der Waals surface area contributed by atoms with Crippen molar-refractivity contribution < 1.29 is 19.1 Å². The van der Waals surface area contributed by atoms with E-state index in [2.05, 4.69) is 10.6 Å². The van der Waals surface area contributed by atoms with Gasteiger partial charge < -0.3 is 20.1 Å². The molecule has 6 nitrogen and oxygen atoms in total. The summed E-state index contributed by atoms with van der Waals surface area (Å²) < 4.78 is 10.6. The number of thiocarbonyl (C=S) groups is 1. The van der Waals surface area contributed by atoms with Crippen molar-refractivity contribution >= 4 is 34.9 Å². The number of esters is 1. The molecular formula is C17H22N2O4S. The molecule has 0 aliphatic carbocycles. The summed E-state index contributed by atoms with van der Waals surface area (Å²) in [7, 11) is 0. The Morgan fingerprint density at radius 3 is 2.58 bits per heavy atom. The van der Waals surface area contributed by atoms with Crippen LogP contribution in [0.15, 0.2) is 24.3 Å². The van der Waals surface area contributed by atoms with E-state index in [-0.39, 0.29) is 23.4 Å². The van der Waals surface area contributed by atoms with E-state index in [1.807, 2.05) is 32.9 Å². The summed E-state index contributed by atoms with van der Waals surface area (Å²) in [5, 5.41) is 5.70. The number of carbonyl (C=O) groups excluding carboxylic acids is 2. The smallest absolute Gasteiger partial charge is 0.310 e. The number of ether oxygens (including phenoxy) is 2. The minimum Gasteiger partial charge on any atom is -0.494 e. The van der Waals surface area contributed by atoms with Crippen LogP contribution in [0.2, 0.25) is 0 Å². The van der Waals surface area contributed by atoms with Crippen LogP contribution < -0.4 is 15.4 Å². The zero-order valence-corrected chi connectivity index (χ0v) is 14.9. The largest absolute Gasteiger partial charge is 0.494 e. The lowest BCUT2D eigenvalue weighted by atomic mass is 9.95. The monoisotopic (exact) mass is 350 g/mol. The summed E-state index contributed by atoms with van der Waals surface area (Å²) in [6.45, 7) is 6.18. The molecule has 1 saturated heterocycles. The maximum absolute atomic E-state index is 12.0.